The number of rotatable bonds is 4. The van der Waals surface area contributed by atoms with E-state index >= 15 is 0 Å². The summed E-state index contributed by atoms with van der Waals surface area (Å²) in [5.74, 6) is -2.24. The van der Waals surface area contributed by atoms with Gasteiger partial charge in [0.25, 0.3) is 5.69 Å². The summed E-state index contributed by atoms with van der Waals surface area (Å²) in [5, 5.41) is 38.9. The highest BCUT2D eigenvalue weighted by Crippen LogP contribution is 2.34. The number of carboxylic acids is 1. The van der Waals surface area contributed by atoms with Crippen LogP contribution in [0.4, 0.5) is 11.4 Å². The first-order chi connectivity index (χ1) is 7.82. The van der Waals surface area contributed by atoms with Gasteiger partial charge in [0.1, 0.15) is 0 Å². The van der Waals surface area contributed by atoms with Gasteiger partial charge in [0.2, 0.25) is 0 Å². The number of carbonyl (C=O) groups is 1. The van der Waals surface area contributed by atoms with Crippen molar-refractivity contribution in [1.29, 1.82) is 0 Å². The Kier molecular flexibility index (Phi) is 3.22. The second kappa shape index (κ2) is 4.43. The van der Waals surface area contributed by atoms with Crippen LogP contribution in [0.25, 0.3) is 0 Å². The Bertz CT molecular complexity index is 511. The molecule has 0 spiro atoms. The van der Waals surface area contributed by atoms with E-state index in [1.54, 1.807) is 0 Å². The zero-order chi connectivity index (χ0) is 13.2. The van der Waals surface area contributed by atoms with E-state index in [1.165, 1.54) is 0 Å². The van der Waals surface area contributed by atoms with Gasteiger partial charge >= 0.3 is 11.7 Å². The number of hydrogen-bond donors (Lipinski definition) is 2. The van der Waals surface area contributed by atoms with E-state index < -0.39 is 39.4 Å². The number of non-ortho nitro benzene ring substituents is 1. The van der Waals surface area contributed by atoms with Gasteiger partial charge in [-0.25, -0.2) is 0 Å². The van der Waals surface area contributed by atoms with Crippen molar-refractivity contribution >= 4 is 17.3 Å². The standard InChI is InChI=1S/C8H6N2O7/c11-7(12)2-4-1-5(9(14)15)3-6(8(4)13)10(16)17/h1,3,13H,2H2,(H,11,12). The minimum Gasteiger partial charge on any atom is -0.502 e. The zero-order valence-corrected chi connectivity index (χ0v) is 8.19. The molecule has 0 saturated heterocycles. The maximum Gasteiger partial charge on any atom is 0.317 e. The number of nitro benzene ring substituents is 2. The van der Waals surface area contributed by atoms with E-state index in [1.807, 2.05) is 0 Å². The molecule has 0 saturated carbocycles. The van der Waals surface area contributed by atoms with Crippen LogP contribution in [-0.4, -0.2) is 26.0 Å². The van der Waals surface area contributed by atoms with Gasteiger partial charge in [0.15, 0.2) is 5.75 Å². The van der Waals surface area contributed by atoms with Crippen LogP contribution in [0.3, 0.4) is 0 Å². The lowest BCUT2D eigenvalue weighted by atomic mass is 10.1. The van der Waals surface area contributed by atoms with E-state index in [4.69, 9.17) is 5.11 Å². The summed E-state index contributed by atoms with van der Waals surface area (Å²) in [4.78, 5) is 29.5. The van der Waals surface area contributed by atoms with Crippen LogP contribution < -0.4 is 0 Å². The van der Waals surface area contributed by atoms with Crippen LogP contribution >= 0.6 is 0 Å². The average Bonchev–Trinajstić information content (AvgIpc) is 2.19. The number of phenolic OH excluding ortho intramolecular Hbond substituents is 1. The third-order valence-corrected chi connectivity index (χ3v) is 1.90. The topological polar surface area (TPSA) is 144 Å². The summed E-state index contributed by atoms with van der Waals surface area (Å²) in [6.45, 7) is 0. The maximum atomic E-state index is 10.5. The third-order valence-electron chi connectivity index (χ3n) is 1.90. The summed E-state index contributed by atoms with van der Waals surface area (Å²) in [6.07, 6.45) is -0.742. The van der Waals surface area contributed by atoms with Gasteiger partial charge in [-0.15, -0.1) is 0 Å². The number of nitrogens with zero attached hydrogens (tertiary/aromatic N) is 2. The lowest BCUT2D eigenvalue weighted by Crippen LogP contribution is -2.03. The van der Waals surface area contributed by atoms with Crippen molar-refractivity contribution in [2.45, 2.75) is 6.42 Å². The minimum absolute atomic E-state index is 0.376. The number of carboxylic acid groups (broad SMARTS) is 1. The van der Waals surface area contributed by atoms with Crippen molar-refractivity contribution in [1.82, 2.24) is 0 Å². The molecule has 0 fully saturated rings. The fourth-order valence-corrected chi connectivity index (χ4v) is 1.20. The molecule has 0 aliphatic rings. The molecule has 1 aromatic carbocycles. The minimum atomic E-state index is -1.37. The molecule has 90 valence electrons. The molecule has 0 unspecified atom stereocenters. The highest BCUT2D eigenvalue weighted by atomic mass is 16.6. The van der Waals surface area contributed by atoms with Gasteiger partial charge in [-0.3, -0.25) is 25.0 Å². The van der Waals surface area contributed by atoms with E-state index in [0.29, 0.717) is 6.07 Å². The summed E-state index contributed by atoms with van der Waals surface area (Å²) in [7, 11) is 0. The lowest BCUT2D eigenvalue weighted by molar-refractivity contribution is -0.394. The Morgan fingerprint density at radius 3 is 2.24 bits per heavy atom. The third kappa shape index (κ3) is 2.65. The van der Waals surface area contributed by atoms with Crippen molar-refractivity contribution in [3.8, 4) is 5.75 Å². The Hall–Kier alpha value is -2.71. The SMILES string of the molecule is O=C(O)Cc1cc([N+](=O)[O-])cc([N+](=O)[O-])c1O. The normalized spacial score (nSPS) is 9.88. The Morgan fingerprint density at radius 2 is 1.82 bits per heavy atom. The zero-order valence-electron chi connectivity index (χ0n) is 8.19. The van der Waals surface area contributed by atoms with Gasteiger partial charge in [-0.05, 0) is 0 Å². The van der Waals surface area contributed by atoms with E-state index in [2.05, 4.69) is 0 Å². The van der Waals surface area contributed by atoms with Gasteiger partial charge in [-0.2, -0.15) is 0 Å². The number of aromatic hydroxyl groups is 1. The van der Waals surface area contributed by atoms with Crippen LogP contribution in [0.5, 0.6) is 5.75 Å². The molecule has 0 amide bonds. The highest BCUT2D eigenvalue weighted by molar-refractivity contribution is 5.73. The molecule has 9 heteroatoms. The first-order valence-electron chi connectivity index (χ1n) is 4.19. The Morgan fingerprint density at radius 1 is 1.24 bits per heavy atom. The molecule has 0 aromatic heterocycles. The summed E-state index contributed by atoms with van der Waals surface area (Å²) in [5.41, 5.74) is -1.92. The molecule has 0 aliphatic heterocycles. The molecule has 0 atom stereocenters. The van der Waals surface area contributed by atoms with Crippen molar-refractivity contribution in [3.63, 3.8) is 0 Å². The van der Waals surface area contributed by atoms with Crippen LogP contribution in [0.15, 0.2) is 12.1 Å². The van der Waals surface area contributed by atoms with E-state index in [0.717, 1.165) is 6.07 Å². The van der Waals surface area contributed by atoms with E-state index in [-0.39, 0.29) is 5.56 Å². The van der Waals surface area contributed by atoms with Crippen molar-refractivity contribution in [2.75, 3.05) is 0 Å². The first kappa shape index (κ1) is 12.4. The van der Waals surface area contributed by atoms with Crippen LogP contribution in [0, 0.1) is 20.2 Å². The fourth-order valence-electron chi connectivity index (χ4n) is 1.20. The lowest BCUT2D eigenvalue weighted by Gasteiger charge is -2.02. The van der Waals surface area contributed by atoms with Gasteiger partial charge in [-0.1, -0.05) is 0 Å². The fraction of sp³-hybridized carbons (Fsp3) is 0.125. The smallest absolute Gasteiger partial charge is 0.317 e. The number of aliphatic carboxylic acids is 1. The maximum absolute atomic E-state index is 10.5. The number of phenols is 1. The second-order valence-electron chi connectivity index (χ2n) is 3.06. The number of benzene rings is 1. The molecule has 9 nitrogen and oxygen atoms in total. The van der Waals surface area contributed by atoms with Crippen molar-refractivity contribution in [2.24, 2.45) is 0 Å². The molecular weight excluding hydrogens is 236 g/mol. The predicted molar refractivity (Wildman–Crippen MR) is 52.8 cm³/mol. The highest BCUT2D eigenvalue weighted by Gasteiger charge is 2.24. The number of hydrogen-bond acceptors (Lipinski definition) is 6. The molecule has 1 rings (SSSR count). The van der Waals surface area contributed by atoms with E-state index in [9.17, 15) is 30.1 Å². The van der Waals surface area contributed by atoms with Crippen LogP contribution in [0.1, 0.15) is 5.56 Å². The molecule has 0 aliphatic carbocycles. The molecule has 0 radical (unpaired) electrons. The molecular formula is C8H6N2O7. The number of nitro groups is 2. The summed E-state index contributed by atoms with van der Waals surface area (Å²) in [6, 6.07) is 1.36. The Balaban J connectivity index is 3.42. The van der Waals surface area contributed by atoms with Crippen molar-refractivity contribution < 1.29 is 24.9 Å². The largest absolute Gasteiger partial charge is 0.502 e. The molecule has 0 bridgehead atoms. The predicted octanol–water partition coefficient (Wildman–Crippen LogP) is 0.836. The average molecular weight is 242 g/mol. The van der Waals surface area contributed by atoms with Gasteiger partial charge < -0.3 is 10.2 Å². The monoisotopic (exact) mass is 242 g/mol. The van der Waals surface area contributed by atoms with Crippen LogP contribution in [0.2, 0.25) is 0 Å². The quantitative estimate of drug-likeness (QED) is 0.587. The van der Waals surface area contributed by atoms with Crippen LogP contribution in [-0.2, 0) is 11.2 Å². The molecule has 0 heterocycles. The van der Waals surface area contributed by atoms with Gasteiger partial charge in [0, 0.05) is 11.6 Å². The summed E-state index contributed by atoms with van der Waals surface area (Å²) < 4.78 is 0. The molecule has 17 heavy (non-hydrogen) atoms. The first-order valence-corrected chi connectivity index (χ1v) is 4.19. The second-order valence-corrected chi connectivity index (χ2v) is 3.06. The van der Waals surface area contributed by atoms with Crippen molar-refractivity contribution in [3.05, 3.63) is 37.9 Å². The summed E-state index contributed by atoms with van der Waals surface area (Å²) >= 11 is 0. The Labute approximate surface area is 93.2 Å². The molecule has 2 N–H and O–H groups in total. The molecule has 1 aromatic rings. The van der Waals surface area contributed by atoms with Gasteiger partial charge in [0.05, 0.1) is 22.3 Å².